The average molecular weight is 265 g/mol. The number of benzene rings is 1. The van der Waals surface area contributed by atoms with Gasteiger partial charge >= 0.3 is 5.97 Å². The van der Waals surface area contributed by atoms with E-state index in [0.29, 0.717) is 25.7 Å². The number of methoxy groups -OCH3 is 1. The SMILES string of the molecule is CCOC(=O)C(NCC(C)COC)c1ccccc1. The molecule has 4 nitrogen and oxygen atoms in total. The lowest BCUT2D eigenvalue weighted by Crippen LogP contribution is -2.34. The highest BCUT2D eigenvalue weighted by Crippen LogP contribution is 2.14. The summed E-state index contributed by atoms with van der Waals surface area (Å²) in [4.78, 5) is 12.0. The van der Waals surface area contributed by atoms with Crippen LogP contribution in [0.3, 0.4) is 0 Å². The van der Waals surface area contributed by atoms with E-state index in [1.807, 2.05) is 37.3 Å². The largest absolute Gasteiger partial charge is 0.465 e. The maximum absolute atomic E-state index is 12.0. The van der Waals surface area contributed by atoms with Crippen LogP contribution in [0.2, 0.25) is 0 Å². The quantitative estimate of drug-likeness (QED) is 0.732. The van der Waals surface area contributed by atoms with Gasteiger partial charge in [-0.25, -0.2) is 4.79 Å². The lowest BCUT2D eigenvalue weighted by Gasteiger charge is -2.20. The van der Waals surface area contributed by atoms with Crippen LogP contribution >= 0.6 is 0 Å². The first kappa shape index (κ1) is 15.7. The predicted octanol–water partition coefficient (Wildman–Crippen LogP) is 2.16. The molecular weight excluding hydrogens is 242 g/mol. The molecule has 1 N–H and O–H groups in total. The minimum atomic E-state index is -0.416. The molecule has 1 rings (SSSR count). The lowest BCUT2D eigenvalue weighted by molar-refractivity contribution is -0.145. The van der Waals surface area contributed by atoms with Crippen LogP contribution in [0.4, 0.5) is 0 Å². The summed E-state index contributed by atoms with van der Waals surface area (Å²) in [5, 5.41) is 3.25. The maximum atomic E-state index is 12.0. The van der Waals surface area contributed by atoms with Crippen molar-refractivity contribution in [2.75, 3.05) is 26.9 Å². The van der Waals surface area contributed by atoms with Crippen LogP contribution in [-0.4, -0.2) is 32.8 Å². The molecule has 19 heavy (non-hydrogen) atoms. The van der Waals surface area contributed by atoms with Crippen molar-refractivity contribution in [2.45, 2.75) is 19.9 Å². The zero-order chi connectivity index (χ0) is 14.1. The average Bonchev–Trinajstić information content (AvgIpc) is 2.41. The summed E-state index contributed by atoms with van der Waals surface area (Å²) < 4.78 is 10.2. The second-order valence-corrected chi connectivity index (χ2v) is 4.56. The van der Waals surface area contributed by atoms with E-state index in [4.69, 9.17) is 9.47 Å². The van der Waals surface area contributed by atoms with E-state index >= 15 is 0 Å². The van der Waals surface area contributed by atoms with E-state index in [9.17, 15) is 4.79 Å². The molecule has 0 aliphatic heterocycles. The third kappa shape index (κ3) is 5.41. The van der Waals surface area contributed by atoms with Crippen molar-refractivity contribution in [2.24, 2.45) is 5.92 Å². The van der Waals surface area contributed by atoms with Crippen LogP contribution in [0.1, 0.15) is 25.5 Å². The van der Waals surface area contributed by atoms with Gasteiger partial charge in [-0.15, -0.1) is 0 Å². The molecule has 0 aliphatic rings. The van der Waals surface area contributed by atoms with Gasteiger partial charge in [0.25, 0.3) is 0 Å². The molecule has 0 bridgehead atoms. The van der Waals surface area contributed by atoms with Crippen LogP contribution < -0.4 is 5.32 Å². The number of hydrogen-bond donors (Lipinski definition) is 1. The van der Waals surface area contributed by atoms with Crippen molar-refractivity contribution in [3.63, 3.8) is 0 Å². The van der Waals surface area contributed by atoms with Gasteiger partial charge in [0.15, 0.2) is 0 Å². The number of carbonyl (C=O) groups excluding carboxylic acids is 1. The fourth-order valence-corrected chi connectivity index (χ4v) is 1.87. The smallest absolute Gasteiger partial charge is 0.327 e. The van der Waals surface area contributed by atoms with Crippen molar-refractivity contribution in [1.29, 1.82) is 0 Å². The Balaban J connectivity index is 2.68. The Hall–Kier alpha value is -1.39. The number of rotatable bonds is 8. The third-order valence-corrected chi connectivity index (χ3v) is 2.78. The number of carbonyl (C=O) groups is 1. The van der Waals surface area contributed by atoms with E-state index in [0.717, 1.165) is 5.56 Å². The Labute approximate surface area is 115 Å². The minimum Gasteiger partial charge on any atom is -0.465 e. The molecule has 0 saturated carbocycles. The summed E-state index contributed by atoms with van der Waals surface area (Å²) in [5.41, 5.74) is 0.922. The highest BCUT2D eigenvalue weighted by Gasteiger charge is 2.21. The number of hydrogen-bond acceptors (Lipinski definition) is 4. The molecule has 0 saturated heterocycles. The summed E-state index contributed by atoms with van der Waals surface area (Å²) in [7, 11) is 1.68. The molecule has 0 fully saturated rings. The molecule has 1 aromatic carbocycles. The first-order chi connectivity index (χ1) is 9.19. The van der Waals surface area contributed by atoms with Crippen molar-refractivity contribution >= 4 is 5.97 Å². The van der Waals surface area contributed by atoms with Gasteiger partial charge in [-0.1, -0.05) is 37.3 Å². The number of ether oxygens (including phenoxy) is 2. The zero-order valence-electron chi connectivity index (χ0n) is 11.9. The zero-order valence-corrected chi connectivity index (χ0v) is 11.9. The second-order valence-electron chi connectivity index (χ2n) is 4.56. The second kappa shape index (κ2) is 8.67. The predicted molar refractivity (Wildman–Crippen MR) is 74.9 cm³/mol. The van der Waals surface area contributed by atoms with Gasteiger partial charge in [0.2, 0.25) is 0 Å². The molecule has 106 valence electrons. The Morgan fingerprint density at radius 2 is 2.00 bits per heavy atom. The van der Waals surface area contributed by atoms with Gasteiger partial charge in [-0.3, -0.25) is 0 Å². The third-order valence-electron chi connectivity index (χ3n) is 2.78. The molecule has 0 spiro atoms. The number of nitrogens with one attached hydrogen (secondary N) is 1. The van der Waals surface area contributed by atoms with Crippen molar-refractivity contribution in [3.05, 3.63) is 35.9 Å². The van der Waals surface area contributed by atoms with Crippen molar-refractivity contribution in [1.82, 2.24) is 5.32 Å². The van der Waals surface area contributed by atoms with Gasteiger partial charge in [0, 0.05) is 20.3 Å². The van der Waals surface area contributed by atoms with Crippen molar-refractivity contribution in [3.8, 4) is 0 Å². The Bertz CT molecular complexity index is 367. The highest BCUT2D eigenvalue weighted by atomic mass is 16.5. The summed E-state index contributed by atoms with van der Waals surface area (Å²) in [5.74, 6) is 0.101. The summed E-state index contributed by atoms with van der Waals surface area (Å²) in [6.45, 7) is 5.64. The Morgan fingerprint density at radius 3 is 2.58 bits per heavy atom. The van der Waals surface area contributed by atoms with Crippen LogP contribution in [0.25, 0.3) is 0 Å². The normalized spacial score (nSPS) is 13.8. The molecular formula is C15H23NO3. The first-order valence-electron chi connectivity index (χ1n) is 6.63. The lowest BCUT2D eigenvalue weighted by atomic mass is 10.1. The molecule has 1 aromatic rings. The van der Waals surface area contributed by atoms with Gasteiger partial charge in [-0.2, -0.15) is 0 Å². The first-order valence-corrected chi connectivity index (χ1v) is 6.63. The van der Waals surface area contributed by atoms with Gasteiger partial charge < -0.3 is 14.8 Å². The van der Waals surface area contributed by atoms with Crippen LogP contribution in [-0.2, 0) is 14.3 Å². The monoisotopic (exact) mass is 265 g/mol. The molecule has 2 unspecified atom stereocenters. The topological polar surface area (TPSA) is 47.6 Å². The van der Waals surface area contributed by atoms with Crippen LogP contribution in [0.5, 0.6) is 0 Å². The molecule has 0 aliphatic carbocycles. The van der Waals surface area contributed by atoms with Gasteiger partial charge in [0.05, 0.1) is 6.61 Å². The van der Waals surface area contributed by atoms with Crippen LogP contribution in [0.15, 0.2) is 30.3 Å². The molecule has 2 atom stereocenters. The van der Waals surface area contributed by atoms with E-state index in [1.165, 1.54) is 0 Å². The van der Waals surface area contributed by atoms with E-state index in [2.05, 4.69) is 12.2 Å². The molecule has 0 aromatic heterocycles. The fraction of sp³-hybridized carbons (Fsp3) is 0.533. The van der Waals surface area contributed by atoms with Crippen molar-refractivity contribution < 1.29 is 14.3 Å². The summed E-state index contributed by atoms with van der Waals surface area (Å²) in [6.07, 6.45) is 0. The van der Waals surface area contributed by atoms with Gasteiger partial charge in [0.1, 0.15) is 6.04 Å². The molecule has 0 heterocycles. The number of esters is 1. The summed E-state index contributed by atoms with van der Waals surface area (Å²) >= 11 is 0. The fourth-order valence-electron chi connectivity index (χ4n) is 1.87. The Morgan fingerprint density at radius 1 is 1.32 bits per heavy atom. The standard InChI is InChI=1S/C15H23NO3/c1-4-19-15(17)14(13-8-6-5-7-9-13)16-10-12(2)11-18-3/h5-9,12,14,16H,4,10-11H2,1-3H3. The maximum Gasteiger partial charge on any atom is 0.327 e. The summed E-state index contributed by atoms with van der Waals surface area (Å²) in [6, 6.07) is 9.20. The van der Waals surface area contributed by atoms with Gasteiger partial charge in [-0.05, 0) is 18.4 Å². The minimum absolute atomic E-state index is 0.238. The molecule has 0 radical (unpaired) electrons. The van der Waals surface area contributed by atoms with E-state index < -0.39 is 6.04 Å². The highest BCUT2D eigenvalue weighted by molar-refractivity contribution is 5.77. The Kier molecular flexibility index (Phi) is 7.15. The molecule has 0 amide bonds. The molecule has 4 heteroatoms. The van der Waals surface area contributed by atoms with E-state index in [-0.39, 0.29) is 5.97 Å². The van der Waals surface area contributed by atoms with E-state index in [1.54, 1.807) is 7.11 Å². The van der Waals surface area contributed by atoms with Crippen LogP contribution in [0, 0.1) is 5.92 Å².